The fraction of sp³-hybridized carbons (Fsp3) is 0.389. The summed E-state index contributed by atoms with van der Waals surface area (Å²) in [6.07, 6.45) is 0.525. The normalized spacial score (nSPS) is 11.0. The monoisotopic (exact) mass is 444 g/mol. The zero-order chi connectivity index (χ0) is 20.1. The lowest BCUT2D eigenvalue weighted by Crippen LogP contribution is -2.28. The molecule has 0 saturated carbocycles. The number of carboxylic acid groups (broad SMARTS) is 1. The summed E-state index contributed by atoms with van der Waals surface area (Å²) in [4.78, 5) is 27.7. The average molecular weight is 445 g/mol. The number of nitrogens with zero attached hydrogens (tertiary/aromatic N) is 2. The quantitative estimate of drug-likeness (QED) is 0.668. The van der Waals surface area contributed by atoms with Crippen LogP contribution in [-0.2, 0) is 17.8 Å². The van der Waals surface area contributed by atoms with Gasteiger partial charge in [-0.15, -0.1) is 0 Å². The van der Waals surface area contributed by atoms with Crippen LogP contribution in [0.2, 0.25) is 0 Å². The number of aliphatic carboxylic acids is 1. The molecule has 146 valence electrons. The van der Waals surface area contributed by atoms with Crippen LogP contribution >= 0.6 is 15.9 Å². The topological polar surface area (TPSA) is 81.4 Å². The Kier molecular flexibility index (Phi) is 7.06. The summed E-state index contributed by atoms with van der Waals surface area (Å²) >= 11 is 3.16. The summed E-state index contributed by atoms with van der Waals surface area (Å²) in [5.74, 6) is -2.03. The molecule has 0 radical (unpaired) electrons. The minimum absolute atomic E-state index is 0.0223. The largest absolute Gasteiger partial charge is 0.481 e. The van der Waals surface area contributed by atoms with E-state index in [0.717, 1.165) is 12.1 Å². The first-order chi connectivity index (χ1) is 12.7. The van der Waals surface area contributed by atoms with Gasteiger partial charge >= 0.3 is 5.97 Å². The van der Waals surface area contributed by atoms with Crippen molar-refractivity contribution < 1.29 is 23.4 Å². The van der Waals surface area contributed by atoms with Gasteiger partial charge in [-0.2, -0.15) is 4.98 Å². The molecular weight excluding hydrogens is 426 g/mol. The molecule has 0 saturated heterocycles. The summed E-state index contributed by atoms with van der Waals surface area (Å²) in [7, 11) is 0. The average Bonchev–Trinajstić information content (AvgIpc) is 2.57. The zero-order valence-corrected chi connectivity index (χ0v) is 16.4. The highest BCUT2D eigenvalue weighted by Crippen LogP contribution is 2.23. The molecule has 27 heavy (non-hydrogen) atoms. The number of benzene rings is 1. The van der Waals surface area contributed by atoms with Crippen molar-refractivity contribution in [3.63, 3.8) is 0 Å². The molecule has 0 aliphatic rings. The van der Waals surface area contributed by atoms with Crippen LogP contribution < -0.4 is 10.3 Å². The molecule has 0 atom stereocenters. The Hall–Kier alpha value is -2.29. The third kappa shape index (κ3) is 5.35. The molecule has 2 aromatic rings. The van der Waals surface area contributed by atoms with E-state index in [4.69, 9.17) is 9.84 Å². The zero-order valence-electron chi connectivity index (χ0n) is 14.8. The first kappa shape index (κ1) is 21.0. The number of aryl methyl sites for hydroxylation is 1. The number of ether oxygens (including phenoxy) is 1. The van der Waals surface area contributed by atoms with E-state index in [0.29, 0.717) is 12.2 Å². The van der Waals surface area contributed by atoms with Crippen LogP contribution in [-0.4, -0.2) is 20.6 Å². The van der Waals surface area contributed by atoms with Crippen LogP contribution in [0.1, 0.15) is 44.1 Å². The van der Waals surface area contributed by atoms with Crippen LogP contribution in [0.3, 0.4) is 0 Å². The van der Waals surface area contributed by atoms with Crippen LogP contribution in [0.25, 0.3) is 0 Å². The summed E-state index contributed by atoms with van der Waals surface area (Å²) < 4.78 is 33.8. The number of hydrogen-bond donors (Lipinski definition) is 1. The maximum Gasteiger partial charge on any atom is 0.303 e. The third-order valence-corrected chi connectivity index (χ3v) is 4.47. The molecular formula is C18H19BrF2N2O4. The molecule has 1 heterocycles. The first-order valence-corrected chi connectivity index (χ1v) is 9.09. The third-order valence-electron chi connectivity index (χ3n) is 3.79. The van der Waals surface area contributed by atoms with Gasteiger partial charge < -0.3 is 9.84 Å². The molecule has 6 nitrogen and oxygen atoms in total. The van der Waals surface area contributed by atoms with E-state index in [2.05, 4.69) is 20.9 Å². The molecule has 0 fully saturated rings. The molecule has 2 rings (SSSR count). The molecule has 1 N–H and O–H groups in total. The SMILES string of the molecule is CC(C)n1c(CCCC(=O)O)nc(OCc2ccc(F)cc2F)c(Br)c1=O. The fourth-order valence-electron chi connectivity index (χ4n) is 2.52. The summed E-state index contributed by atoms with van der Waals surface area (Å²) in [6.45, 7) is 3.38. The molecule has 0 bridgehead atoms. The van der Waals surface area contributed by atoms with E-state index in [1.807, 2.05) is 13.8 Å². The predicted octanol–water partition coefficient (Wildman–Crippen LogP) is 3.85. The van der Waals surface area contributed by atoms with Gasteiger partial charge in [0.25, 0.3) is 5.56 Å². The van der Waals surface area contributed by atoms with E-state index >= 15 is 0 Å². The van der Waals surface area contributed by atoms with Gasteiger partial charge in [0.1, 0.15) is 28.5 Å². The van der Waals surface area contributed by atoms with Crippen molar-refractivity contribution in [1.29, 1.82) is 0 Å². The maximum atomic E-state index is 13.8. The van der Waals surface area contributed by atoms with Gasteiger partial charge in [-0.1, -0.05) is 0 Å². The molecule has 1 aromatic heterocycles. The van der Waals surface area contributed by atoms with Gasteiger partial charge in [-0.3, -0.25) is 14.2 Å². The number of carbonyl (C=O) groups is 1. The Balaban J connectivity index is 2.31. The molecule has 0 unspecified atom stereocenters. The highest BCUT2D eigenvalue weighted by molar-refractivity contribution is 9.10. The Morgan fingerprint density at radius 2 is 2.07 bits per heavy atom. The van der Waals surface area contributed by atoms with Gasteiger partial charge in [0.05, 0.1) is 0 Å². The number of aromatic nitrogens is 2. The molecule has 1 aromatic carbocycles. The molecule has 0 aliphatic heterocycles. The van der Waals surface area contributed by atoms with E-state index in [-0.39, 0.29) is 47.0 Å². The van der Waals surface area contributed by atoms with Crippen molar-refractivity contribution in [3.8, 4) is 5.88 Å². The minimum atomic E-state index is -0.936. The Labute approximate surface area is 162 Å². The Bertz CT molecular complexity index is 900. The van der Waals surface area contributed by atoms with Crippen LogP contribution in [0, 0.1) is 11.6 Å². The van der Waals surface area contributed by atoms with Crippen molar-refractivity contribution >= 4 is 21.9 Å². The van der Waals surface area contributed by atoms with Gasteiger partial charge in [0, 0.05) is 30.5 Å². The minimum Gasteiger partial charge on any atom is -0.481 e. The predicted molar refractivity (Wildman–Crippen MR) is 97.8 cm³/mol. The standard InChI is InChI=1S/C18H19BrF2N2O4/c1-10(2)23-14(4-3-5-15(24)25)22-17(16(19)18(23)26)27-9-11-6-7-12(20)8-13(11)21/h6-8,10H,3-5,9H2,1-2H3,(H,24,25). The Morgan fingerprint density at radius 1 is 1.37 bits per heavy atom. The van der Waals surface area contributed by atoms with E-state index in [1.54, 1.807) is 0 Å². The lowest BCUT2D eigenvalue weighted by Gasteiger charge is -2.18. The summed E-state index contributed by atoms with van der Waals surface area (Å²) in [6, 6.07) is 2.92. The number of rotatable bonds is 8. The number of halogens is 3. The lowest BCUT2D eigenvalue weighted by molar-refractivity contribution is -0.137. The van der Waals surface area contributed by atoms with Crippen molar-refractivity contribution in [2.45, 2.75) is 45.8 Å². The highest BCUT2D eigenvalue weighted by Gasteiger charge is 2.18. The molecule has 0 spiro atoms. The van der Waals surface area contributed by atoms with Gasteiger partial charge in [-0.05, 0) is 48.3 Å². The van der Waals surface area contributed by atoms with Crippen molar-refractivity contribution in [1.82, 2.24) is 9.55 Å². The van der Waals surface area contributed by atoms with Crippen molar-refractivity contribution in [3.05, 3.63) is 56.0 Å². The van der Waals surface area contributed by atoms with Crippen LogP contribution in [0.4, 0.5) is 8.78 Å². The second-order valence-electron chi connectivity index (χ2n) is 6.19. The van der Waals surface area contributed by atoms with Crippen LogP contribution in [0.5, 0.6) is 5.88 Å². The van der Waals surface area contributed by atoms with Gasteiger partial charge in [0.2, 0.25) is 5.88 Å². The van der Waals surface area contributed by atoms with Gasteiger partial charge in [0.15, 0.2) is 0 Å². The number of carboxylic acids is 1. The van der Waals surface area contributed by atoms with Crippen molar-refractivity contribution in [2.24, 2.45) is 0 Å². The summed E-state index contributed by atoms with van der Waals surface area (Å²) in [5, 5.41) is 8.80. The second kappa shape index (κ2) is 9.07. The Morgan fingerprint density at radius 3 is 2.67 bits per heavy atom. The first-order valence-electron chi connectivity index (χ1n) is 8.30. The summed E-state index contributed by atoms with van der Waals surface area (Å²) in [5.41, 5.74) is -0.259. The highest BCUT2D eigenvalue weighted by atomic mass is 79.9. The molecule has 0 aliphatic carbocycles. The smallest absolute Gasteiger partial charge is 0.303 e. The van der Waals surface area contributed by atoms with Gasteiger partial charge in [-0.25, -0.2) is 8.78 Å². The van der Waals surface area contributed by atoms with Crippen molar-refractivity contribution in [2.75, 3.05) is 0 Å². The van der Waals surface area contributed by atoms with E-state index < -0.39 is 17.6 Å². The lowest BCUT2D eigenvalue weighted by atomic mass is 10.2. The number of hydrogen-bond acceptors (Lipinski definition) is 4. The van der Waals surface area contributed by atoms with E-state index in [1.165, 1.54) is 10.6 Å². The van der Waals surface area contributed by atoms with Crippen LogP contribution in [0.15, 0.2) is 27.5 Å². The molecule has 0 amide bonds. The maximum absolute atomic E-state index is 13.8. The molecule has 9 heteroatoms. The second-order valence-corrected chi connectivity index (χ2v) is 6.98. The fourth-order valence-corrected chi connectivity index (χ4v) is 2.92. The van der Waals surface area contributed by atoms with E-state index in [9.17, 15) is 18.4 Å².